The van der Waals surface area contributed by atoms with E-state index in [1.54, 1.807) is 0 Å². The second-order valence-electron chi connectivity index (χ2n) is 9.88. The number of hydrogen-bond donors (Lipinski definition) is 1. The summed E-state index contributed by atoms with van der Waals surface area (Å²) in [4.78, 5) is 0. The Morgan fingerprint density at radius 2 is 1.57 bits per heavy atom. The lowest BCUT2D eigenvalue weighted by atomic mass is 9.99. The maximum atomic E-state index is 10.3. The van der Waals surface area contributed by atoms with Crippen LogP contribution in [0, 0.1) is 0 Å². The third-order valence-electron chi connectivity index (χ3n) is 6.32. The molecule has 3 rings (SSSR count). The van der Waals surface area contributed by atoms with E-state index in [0.717, 1.165) is 5.57 Å². The smallest absolute Gasteiger partial charge is 0.261 e. The van der Waals surface area contributed by atoms with E-state index < -0.39 is 20.0 Å². The van der Waals surface area contributed by atoms with Crippen molar-refractivity contribution < 1.29 is 14.3 Å². The second-order valence-corrected chi connectivity index (χ2v) is 14.2. The molecule has 0 bridgehead atoms. The average Bonchev–Trinajstić information content (AvgIpc) is 2.98. The van der Waals surface area contributed by atoms with E-state index in [9.17, 15) is 5.11 Å². The average molecular weight is 425 g/mol. The molecule has 4 heteroatoms. The molecule has 0 saturated carbocycles. The van der Waals surface area contributed by atoms with Crippen LogP contribution in [0.25, 0.3) is 0 Å². The minimum Gasteiger partial charge on any atom is -0.404 e. The Bertz CT molecular complexity index is 813. The van der Waals surface area contributed by atoms with Gasteiger partial charge >= 0.3 is 0 Å². The van der Waals surface area contributed by atoms with E-state index in [1.165, 1.54) is 10.4 Å². The number of rotatable bonds is 6. The van der Waals surface area contributed by atoms with Crippen LogP contribution in [0.15, 0.2) is 72.3 Å². The zero-order valence-electron chi connectivity index (χ0n) is 19.2. The van der Waals surface area contributed by atoms with Crippen molar-refractivity contribution in [1.82, 2.24) is 0 Å². The van der Waals surface area contributed by atoms with Gasteiger partial charge in [0.25, 0.3) is 8.32 Å². The van der Waals surface area contributed by atoms with Crippen molar-refractivity contribution in [2.75, 3.05) is 6.61 Å². The standard InChI is InChI=1S/C26H36O3Si/c1-20(23-19-24(27)26(5,6)29-23)17-18-28-30(25(2,3)4,21-13-9-7-10-14-21)22-15-11-8-12-16-22/h7-17,23-24,27H,18-19H2,1-6H3/b20-17+/t23-,24-/m0/s1. The Kier molecular flexibility index (Phi) is 6.73. The molecule has 0 unspecified atom stereocenters. The molecule has 0 aromatic heterocycles. The zero-order chi connectivity index (χ0) is 22.0. The molecule has 1 aliphatic rings. The first-order valence-electron chi connectivity index (χ1n) is 10.9. The summed E-state index contributed by atoms with van der Waals surface area (Å²) in [6.45, 7) is 13.4. The molecule has 2 atom stereocenters. The molecule has 30 heavy (non-hydrogen) atoms. The summed E-state index contributed by atoms with van der Waals surface area (Å²) >= 11 is 0. The van der Waals surface area contributed by atoms with E-state index >= 15 is 0 Å². The van der Waals surface area contributed by atoms with Gasteiger partial charge in [0.1, 0.15) is 0 Å². The summed E-state index contributed by atoms with van der Waals surface area (Å²) in [5.41, 5.74) is 0.621. The van der Waals surface area contributed by atoms with Gasteiger partial charge in [-0.2, -0.15) is 0 Å². The van der Waals surface area contributed by atoms with E-state index in [4.69, 9.17) is 9.16 Å². The summed E-state index contributed by atoms with van der Waals surface area (Å²) in [5.74, 6) is 0. The first kappa shape index (κ1) is 23.0. The Balaban J connectivity index is 1.92. The van der Waals surface area contributed by atoms with Gasteiger partial charge in [-0.3, -0.25) is 0 Å². The van der Waals surface area contributed by atoms with Gasteiger partial charge in [-0.05, 0) is 41.8 Å². The lowest BCUT2D eigenvalue weighted by Crippen LogP contribution is -2.66. The highest BCUT2D eigenvalue weighted by atomic mass is 28.4. The number of aliphatic hydroxyl groups is 1. The summed E-state index contributed by atoms with van der Waals surface area (Å²) < 4.78 is 13.0. The van der Waals surface area contributed by atoms with Crippen molar-refractivity contribution in [1.29, 1.82) is 0 Å². The van der Waals surface area contributed by atoms with Gasteiger partial charge in [0.2, 0.25) is 0 Å². The van der Waals surface area contributed by atoms with Gasteiger partial charge in [-0.25, -0.2) is 0 Å². The van der Waals surface area contributed by atoms with Crippen LogP contribution < -0.4 is 10.4 Å². The normalized spacial score (nSPS) is 22.3. The predicted molar refractivity (Wildman–Crippen MR) is 127 cm³/mol. The Morgan fingerprint density at radius 3 is 1.97 bits per heavy atom. The van der Waals surface area contributed by atoms with Gasteiger partial charge in [0.15, 0.2) is 0 Å². The van der Waals surface area contributed by atoms with E-state index in [-0.39, 0.29) is 11.1 Å². The molecule has 1 aliphatic heterocycles. The van der Waals surface area contributed by atoms with Gasteiger partial charge in [-0.1, -0.05) is 87.5 Å². The second kappa shape index (κ2) is 8.79. The van der Waals surface area contributed by atoms with E-state index in [2.05, 4.69) is 94.4 Å². The summed E-state index contributed by atoms with van der Waals surface area (Å²) in [6.07, 6.45) is 2.27. The van der Waals surface area contributed by atoms with Crippen LogP contribution in [0.3, 0.4) is 0 Å². The lowest BCUT2D eigenvalue weighted by molar-refractivity contribution is -0.0472. The quantitative estimate of drug-likeness (QED) is 0.550. The summed E-state index contributed by atoms with van der Waals surface area (Å²) in [5, 5.41) is 12.8. The molecule has 0 aliphatic carbocycles. The monoisotopic (exact) mass is 424 g/mol. The first-order valence-corrected chi connectivity index (χ1v) is 12.8. The largest absolute Gasteiger partial charge is 0.404 e. The molecule has 1 saturated heterocycles. The lowest BCUT2D eigenvalue weighted by Gasteiger charge is -2.42. The number of aliphatic hydroxyl groups excluding tert-OH is 1. The fourth-order valence-corrected chi connectivity index (χ4v) is 8.94. The topological polar surface area (TPSA) is 38.7 Å². The van der Waals surface area contributed by atoms with Gasteiger partial charge < -0.3 is 14.3 Å². The summed E-state index contributed by atoms with van der Waals surface area (Å²) in [7, 11) is -2.53. The fourth-order valence-electron chi connectivity index (χ4n) is 4.45. The van der Waals surface area contributed by atoms with E-state index in [1.807, 2.05) is 13.8 Å². The number of benzene rings is 2. The van der Waals surface area contributed by atoms with Crippen LogP contribution in [0.1, 0.15) is 48.0 Å². The molecule has 162 valence electrons. The van der Waals surface area contributed by atoms with Crippen LogP contribution in [0.2, 0.25) is 5.04 Å². The first-order chi connectivity index (χ1) is 14.1. The van der Waals surface area contributed by atoms with Gasteiger partial charge in [0, 0.05) is 6.42 Å². The Morgan fingerprint density at radius 1 is 1.07 bits per heavy atom. The molecular formula is C26H36O3Si. The predicted octanol–water partition coefficient (Wildman–Crippen LogP) is 4.44. The Hall–Kier alpha value is -1.72. The SMILES string of the molecule is C/C(=C\CO[Si](c1ccccc1)(c1ccccc1)C(C)(C)C)[C@@H]1C[C@H](O)C(C)(C)O1. The number of ether oxygens (including phenoxy) is 1. The maximum absolute atomic E-state index is 10.3. The van der Waals surface area contributed by atoms with Crippen molar-refractivity contribution in [3.63, 3.8) is 0 Å². The highest BCUT2D eigenvalue weighted by Gasteiger charge is 2.50. The third kappa shape index (κ3) is 4.47. The number of hydrogen-bond acceptors (Lipinski definition) is 3. The van der Waals surface area contributed by atoms with Crippen molar-refractivity contribution >= 4 is 18.7 Å². The van der Waals surface area contributed by atoms with Crippen LogP contribution in [-0.4, -0.2) is 37.8 Å². The molecular weight excluding hydrogens is 388 g/mol. The van der Waals surface area contributed by atoms with Gasteiger partial charge in [0.05, 0.1) is 24.4 Å². The van der Waals surface area contributed by atoms with Crippen molar-refractivity contribution in [2.45, 2.75) is 70.8 Å². The molecule has 1 heterocycles. The van der Waals surface area contributed by atoms with Crippen molar-refractivity contribution in [2.24, 2.45) is 0 Å². The maximum Gasteiger partial charge on any atom is 0.261 e. The highest BCUT2D eigenvalue weighted by molar-refractivity contribution is 6.99. The molecule has 1 fully saturated rings. The van der Waals surface area contributed by atoms with Crippen LogP contribution in [0.5, 0.6) is 0 Å². The van der Waals surface area contributed by atoms with E-state index in [0.29, 0.717) is 13.0 Å². The van der Waals surface area contributed by atoms with Crippen LogP contribution in [-0.2, 0) is 9.16 Å². The highest BCUT2D eigenvalue weighted by Crippen LogP contribution is 2.37. The zero-order valence-corrected chi connectivity index (χ0v) is 20.2. The molecule has 3 nitrogen and oxygen atoms in total. The van der Waals surface area contributed by atoms with Crippen LogP contribution >= 0.6 is 0 Å². The molecule has 1 N–H and O–H groups in total. The molecule has 0 amide bonds. The molecule has 0 radical (unpaired) electrons. The molecule has 0 spiro atoms. The Labute approximate surface area is 182 Å². The van der Waals surface area contributed by atoms with Crippen LogP contribution in [0.4, 0.5) is 0 Å². The minimum atomic E-state index is -2.53. The van der Waals surface area contributed by atoms with Crippen molar-refractivity contribution in [3.8, 4) is 0 Å². The van der Waals surface area contributed by atoms with Crippen molar-refractivity contribution in [3.05, 3.63) is 72.3 Å². The molecule has 2 aromatic rings. The third-order valence-corrected chi connectivity index (χ3v) is 11.3. The minimum absolute atomic E-state index is 0.0422. The summed E-state index contributed by atoms with van der Waals surface area (Å²) in [6, 6.07) is 21.4. The fraction of sp³-hybridized carbons (Fsp3) is 0.462. The van der Waals surface area contributed by atoms with Gasteiger partial charge in [-0.15, -0.1) is 0 Å². The molecule has 2 aromatic carbocycles.